The van der Waals surface area contributed by atoms with E-state index in [1.54, 1.807) is 0 Å². The van der Waals surface area contributed by atoms with Crippen molar-refractivity contribution < 1.29 is 0 Å². The van der Waals surface area contributed by atoms with E-state index < -0.39 is 5.41 Å². The number of fused-ring (bicyclic) bond motifs is 13. The Hall–Kier alpha value is -7.22. The van der Waals surface area contributed by atoms with Crippen molar-refractivity contribution in [2.75, 3.05) is 4.90 Å². The van der Waals surface area contributed by atoms with Crippen LogP contribution in [0.2, 0.25) is 0 Å². The van der Waals surface area contributed by atoms with Crippen molar-refractivity contribution in [3.8, 4) is 55.6 Å². The minimum Gasteiger partial charge on any atom is -0.310 e. The minimum absolute atomic E-state index is 0.0129. The number of hydrogen-bond acceptors (Lipinski definition) is 1. The minimum atomic E-state index is -0.439. The van der Waals surface area contributed by atoms with Crippen molar-refractivity contribution >= 4 is 17.1 Å². The number of benzene rings is 9. The van der Waals surface area contributed by atoms with Gasteiger partial charge in [-0.05, 0) is 127 Å². The Labute approximate surface area is 359 Å². The summed E-state index contributed by atoms with van der Waals surface area (Å²) in [6, 6.07) is 79.7. The van der Waals surface area contributed by atoms with Crippen LogP contribution >= 0.6 is 0 Å². The summed E-state index contributed by atoms with van der Waals surface area (Å²) in [7, 11) is 0. The maximum absolute atomic E-state index is 2.51. The maximum Gasteiger partial charge on any atom is 0.0726 e. The molecule has 1 nitrogen and oxygen atoms in total. The summed E-state index contributed by atoms with van der Waals surface area (Å²) in [6.07, 6.45) is 2.12. The molecular formula is C60H45N. The van der Waals surface area contributed by atoms with Gasteiger partial charge in [0, 0.05) is 22.4 Å². The van der Waals surface area contributed by atoms with Crippen LogP contribution in [0.25, 0.3) is 55.6 Å². The van der Waals surface area contributed by atoms with Crippen molar-refractivity contribution in [3.63, 3.8) is 0 Å². The first kappa shape index (κ1) is 35.7. The highest BCUT2D eigenvalue weighted by Crippen LogP contribution is 2.64. The Kier molecular flexibility index (Phi) is 7.99. The summed E-state index contributed by atoms with van der Waals surface area (Å²) in [4.78, 5) is 2.51. The third-order valence-corrected chi connectivity index (χ3v) is 14.4. The normalized spacial score (nSPS) is 14.1. The first-order valence-corrected chi connectivity index (χ1v) is 21.9. The van der Waals surface area contributed by atoms with E-state index in [0.717, 1.165) is 29.9 Å². The van der Waals surface area contributed by atoms with Crippen molar-refractivity contribution in [2.24, 2.45) is 0 Å². The van der Waals surface area contributed by atoms with Crippen LogP contribution in [0, 0.1) is 0 Å². The van der Waals surface area contributed by atoms with Crippen LogP contribution in [0.4, 0.5) is 17.1 Å². The van der Waals surface area contributed by atoms with Crippen molar-refractivity contribution in [1.82, 2.24) is 0 Å². The van der Waals surface area contributed by atoms with Gasteiger partial charge in [-0.3, -0.25) is 0 Å². The van der Waals surface area contributed by atoms with Crippen LogP contribution in [0.5, 0.6) is 0 Å². The molecule has 0 bridgehead atoms. The van der Waals surface area contributed by atoms with Gasteiger partial charge in [0.25, 0.3) is 0 Å². The molecule has 3 aliphatic rings. The third kappa shape index (κ3) is 4.89. The van der Waals surface area contributed by atoms with Gasteiger partial charge in [-0.15, -0.1) is 0 Å². The number of anilines is 3. The van der Waals surface area contributed by atoms with E-state index in [4.69, 9.17) is 0 Å². The fourth-order valence-electron chi connectivity index (χ4n) is 11.7. The molecule has 0 unspecified atom stereocenters. The zero-order valence-corrected chi connectivity index (χ0v) is 34.6. The molecule has 0 radical (unpaired) electrons. The fraction of sp³-hybridized carbons (Fsp3) is 0.100. The molecule has 0 aromatic heterocycles. The SMILES string of the molecule is CCC1(CC)c2ccccc2-c2c(-c3ccccc3N(c3ccc(-c4ccccc4)cc3)c3ccc4c(c3)C3(c5ccccc5-c5ccccc53)c3ccccc3-4)cccc21. The lowest BCUT2D eigenvalue weighted by Crippen LogP contribution is -2.26. The lowest BCUT2D eigenvalue weighted by molar-refractivity contribution is 0.490. The van der Waals surface area contributed by atoms with Gasteiger partial charge >= 0.3 is 0 Å². The highest BCUT2D eigenvalue weighted by molar-refractivity contribution is 6.00. The van der Waals surface area contributed by atoms with Crippen molar-refractivity contribution in [2.45, 2.75) is 37.5 Å². The van der Waals surface area contributed by atoms with Crippen LogP contribution in [0.15, 0.2) is 212 Å². The number of para-hydroxylation sites is 1. The van der Waals surface area contributed by atoms with Gasteiger partial charge in [-0.25, -0.2) is 0 Å². The van der Waals surface area contributed by atoms with E-state index in [9.17, 15) is 0 Å². The first-order valence-electron chi connectivity index (χ1n) is 21.9. The quantitative estimate of drug-likeness (QED) is 0.156. The molecule has 0 heterocycles. The molecule has 12 rings (SSSR count). The predicted molar refractivity (Wildman–Crippen MR) is 255 cm³/mol. The summed E-state index contributed by atoms with van der Waals surface area (Å²) in [5, 5.41) is 0. The Bertz CT molecular complexity index is 3100. The average molecular weight is 780 g/mol. The van der Waals surface area contributed by atoms with Crippen molar-refractivity contribution in [3.05, 3.63) is 246 Å². The molecule has 0 atom stereocenters. The van der Waals surface area contributed by atoms with Crippen molar-refractivity contribution in [1.29, 1.82) is 0 Å². The molecule has 0 saturated heterocycles. The molecule has 9 aromatic rings. The molecule has 61 heavy (non-hydrogen) atoms. The molecule has 290 valence electrons. The average Bonchev–Trinajstić information content (AvgIpc) is 3.92. The Morgan fingerprint density at radius 3 is 1.41 bits per heavy atom. The Morgan fingerprint density at radius 2 is 0.787 bits per heavy atom. The second-order valence-electron chi connectivity index (χ2n) is 16.9. The maximum atomic E-state index is 2.51. The van der Waals surface area contributed by atoms with Gasteiger partial charge in [-0.2, -0.15) is 0 Å². The Balaban J connectivity index is 1.12. The second kappa shape index (κ2) is 13.7. The Morgan fingerprint density at radius 1 is 0.328 bits per heavy atom. The van der Waals surface area contributed by atoms with E-state index in [-0.39, 0.29) is 5.41 Å². The van der Waals surface area contributed by atoms with Crippen LogP contribution in [0.1, 0.15) is 60.1 Å². The van der Waals surface area contributed by atoms with Gasteiger partial charge in [0.1, 0.15) is 0 Å². The first-order chi connectivity index (χ1) is 30.2. The second-order valence-corrected chi connectivity index (χ2v) is 16.9. The zero-order valence-electron chi connectivity index (χ0n) is 34.6. The molecule has 0 aliphatic heterocycles. The van der Waals surface area contributed by atoms with E-state index >= 15 is 0 Å². The molecule has 1 spiro atoms. The lowest BCUT2D eigenvalue weighted by atomic mass is 9.70. The van der Waals surface area contributed by atoms with Gasteiger partial charge in [0.15, 0.2) is 0 Å². The van der Waals surface area contributed by atoms with Gasteiger partial charge in [0.05, 0.1) is 11.1 Å². The summed E-state index contributed by atoms with van der Waals surface area (Å²) in [5.41, 5.74) is 24.1. The molecule has 0 saturated carbocycles. The lowest BCUT2D eigenvalue weighted by Gasteiger charge is -2.33. The van der Waals surface area contributed by atoms with E-state index in [1.807, 2.05) is 0 Å². The summed E-state index contributed by atoms with van der Waals surface area (Å²) < 4.78 is 0. The highest BCUT2D eigenvalue weighted by atomic mass is 15.1. The molecular weight excluding hydrogens is 735 g/mol. The molecule has 9 aromatic carbocycles. The predicted octanol–water partition coefficient (Wildman–Crippen LogP) is 15.9. The van der Waals surface area contributed by atoms with E-state index in [1.165, 1.54) is 89.0 Å². The van der Waals surface area contributed by atoms with Gasteiger partial charge in [-0.1, -0.05) is 196 Å². The van der Waals surface area contributed by atoms with Crippen LogP contribution in [-0.4, -0.2) is 0 Å². The van der Waals surface area contributed by atoms with E-state index in [2.05, 4.69) is 231 Å². The zero-order chi connectivity index (χ0) is 40.7. The molecule has 1 heteroatoms. The molecule has 0 N–H and O–H groups in total. The summed E-state index contributed by atoms with van der Waals surface area (Å²) >= 11 is 0. The van der Waals surface area contributed by atoms with Crippen LogP contribution in [0.3, 0.4) is 0 Å². The fourth-order valence-corrected chi connectivity index (χ4v) is 11.7. The third-order valence-electron chi connectivity index (χ3n) is 14.4. The number of rotatable bonds is 7. The number of hydrogen-bond donors (Lipinski definition) is 0. The highest BCUT2D eigenvalue weighted by Gasteiger charge is 2.51. The standard InChI is InChI=1S/C60H45N/c1-3-59(4-2)51-27-13-11-25-50(51)58-49(26-18-31-55(58)59)48-24-12-17-32-57(48)61(42-35-33-41(34-36-42)40-19-6-5-7-20-40)43-37-38-47-46-23-10-16-30-54(46)60(56(47)39-43)52-28-14-8-21-44(52)45-22-9-15-29-53(45)60/h5-39H,3-4H2,1-2H3. The van der Waals surface area contributed by atoms with E-state index in [0.29, 0.717) is 0 Å². The van der Waals surface area contributed by atoms with Gasteiger partial charge < -0.3 is 4.90 Å². The smallest absolute Gasteiger partial charge is 0.0726 e. The largest absolute Gasteiger partial charge is 0.310 e. The monoisotopic (exact) mass is 779 g/mol. The summed E-state index contributed by atoms with van der Waals surface area (Å²) in [5.74, 6) is 0. The van der Waals surface area contributed by atoms with Crippen LogP contribution in [-0.2, 0) is 10.8 Å². The topological polar surface area (TPSA) is 3.24 Å². The van der Waals surface area contributed by atoms with Crippen LogP contribution < -0.4 is 4.90 Å². The molecule has 0 amide bonds. The molecule has 3 aliphatic carbocycles. The van der Waals surface area contributed by atoms with Gasteiger partial charge in [0.2, 0.25) is 0 Å². The number of nitrogens with zero attached hydrogens (tertiary/aromatic N) is 1. The molecule has 0 fully saturated rings. The summed E-state index contributed by atoms with van der Waals surface area (Å²) in [6.45, 7) is 4.72.